The van der Waals surface area contributed by atoms with Crippen molar-refractivity contribution in [1.82, 2.24) is 4.90 Å². The van der Waals surface area contributed by atoms with E-state index < -0.39 is 5.54 Å². The van der Waals surface area contributed by atoms with Crippen LogP contribution < -0.4 is 5.73 Å². The lowest BCUT2D eigenvalue weighted by Crippen LogP contribution is -2.59. The maximum Gasteiger partial charge on any atom is 0.346 e. The Kier molecular flexibility index (Phi) is 2.88. The quantitative estimate of drug-likeness (QED) is 0.758. The summed E-state index contributed by atoms with van der Waals surface area (Å²) in [6.45, 7) is 3.20. The monoisotopic (exact) mass is 225 g/mol. The summed E-state index contributed by atoms with van der Waals surface area (Å²) in [6, 6.07) is -0.205. The van der Waals surface area contributed by atoms with Crippen molar-refractivity contribution >= 4 is 11.9 Å². The Bertz CT molecular complexity index is 325. The number of rotatable bonds is 5. The first-order valence-electron chi connectivity index (χ1n) is 5.82. The molecule has 2 amide bonds. The molecule has 2 N–H and O–H groups in total. The molecular formula is C11H19N3O2. The number of aliphatic imine (C=N–C) groups is 1. The third kappa shape index (κ3) is 1.50. The van der Waals surface area contributed by atoms with Crippen LogP contribution in [0.2, 0.25) is 0 Å². The fourth-order valence-electron chi connectivity index (χ4n) is 2.57. The number of ether oxygens (including phenoxy) is 1. The topological polar surface area (TPSA) is 67.9 Å². The van der Waals surface area contributed by atoms with Crippen LogP contribution >= 0.6 is 0 Å². The van der Waals surface area contributed by atoms with E-state index in [1.165, 1.54) is 0 Å². The molecule has 0 saturated heterocycles. The minimum absolute atomic E-state index is 0.205. The Morgan fingerprint density at radius 3 is 2.81 bits per heavy atom. The van der Waals surface area contributed by atoms with Crippen LogP contribution in [-0.2, 0) is 4.74 Å². The van der Waals surface area contributed by atoms with Crippen molar-refractivity contribution in [2.24, 2.45) is 16.6 Å². The minimum Gasteiger partial charge on any atom is -0.385 e. The lowest BCUT2D eigenvalue weighted by atomic mass is 9.91. The SMILES string of the molecule is CCCN1C(=O)N=C(N)C1(COC)C1CC1. The molecule has 0 aromatic rings. The Balaban J connectivity index is 2.31. The van der Waals surface area contributed by atoms with Gasteiger partial charge in [0.15, 0.2) is 0 Å². The molecule has 2 aliphatic rings. The number of hydrogen-bond acceptors (Lipinski definition) is 3. The third-order valence-electron chi connectivity index (χ3n) is 3.44. The van der Waals surface area contributed by atoms with Crippen LogP contribution in [0.5, 0.6) is 0 Å². The van der Waals surface area contributed by atoms with Gasteiger partial charge in [-0.2, -0.15) is 4.99 Å². The summed E-state index contributed by atoms with van der Waals surface area (Å²) < 4.78 is 5.27. The van der Waals surface area contributed by atoms with E-state index in [1.807, 2.05) is 6.92 Å². The van der Waals surface area contributed by atoms with Gasteiger partial charge in [-0.3, -0.25) is 0 Å². The summed E-state index contributed by atoms with van der Waals surface area (Å²) in [5, 5.41) is 0. The zero-order chi connectivity index (χ0) is 11.8. The molecule has 2 rings (SSSR count). The molecule has 0 spiro atoms. The normalized spacial score (nSPS) is 29.8. The molecule has 0 aromatic carbocycles. The van der Waals surface area contributed by atoms with E-state index in [0.717, 1.165) is 19.3 Å². The predicted molar refractivity (Wildman–Crippen MR) is 61.3 cm³/mol. The van der Waals surface area contributed by atoms with Gasteiger partial charge >= 0.3 is 6.03 Å². The van der Waals surface area contributed by atoms with E-state index in [4.69, 9.17) is 10.5 Å². The molecule has 0 bridgehead atoms. The molecule has 0 aromatic heterocycles. The van der Waals surface area contributed by atoms with E-state index in [2.05, 4.69) is 4.99 Å². The zero-order valence-corrected chi connectivity index (χ0v) is 9.90. The predicted octanol–water partition coefficient (Wildman–Crippen LogP) is 0.984. The molecule has 1 aliphatic heterocycles. The highest BCUT2D eigenvalue weighted by molar-refractivity contribution is 6.06. The Morgan fingerprint density at radius 1 is 1.62 bits per heavy atom. The fourth-order valence-corrected chi connectivity index (χ4v) is 2.57. The first-order valence-corrected chi connectivity index (χ1v) is 5.82. The maximum atomic E-state index is 11.8. The van der Waals surface area contributed by atoms with Crippen LogP contribution in [0.25, 0.3) is 0 Å². The van der Waals surface area contributed by atoms with Crippen LogP contribution in [0.1, 0.15) is 26.2 Å². The van der Waals surface area contributed by atoms with Crippen LogP contribution in [0.3, 0.4) is 0 Å². The lowest BCUT2D eigenvalue weighted by molar-refractivity contribution is 0.0699. The van der Waals surface area contributed by atoms with E-state index in [9.17, 15) is 4.79 Å². The number of hydrogen-bond donors (Lipinski definition) is 1. The number of nitrogens with two attached hydrogens (primary N) is 1. The molecule has 5 heteroatoms. The van der Waals surface area contributed by atoms with Crippen molar-refractivity contribution in [2.75, 3.05) is 20.3 Å². The standard InChI is InChI=1S/C11H19N3O2/c1-3-6-14-10(15)13-9(12)11(14,7-16-2)8-4-5-8/h8H,3-7H2,1-2H3,(H2,12,13,15). The summed E-state index contributed by atoms with van der Waals surface area (Å²) in [5.41, 5.74) is 5.50. The van der Waals surface area contributed by atoms with Gasteiger partial charge in [0.1, 0.15) is 11.4 Å². The maximum absolute atomic E-state index is 11.8. The van der Waals surface area contributed by atoms with Gasteiger partial charge < -0.3 is 15.4 Å². The smallest absolute Gasteiger partial charge is 0.346 e. The molecule has 90 valence electrons. The number of nitrogens with zero attached hydrogens (tertiary/aromatic N) is 2. The van der Waals surface area contributed by atoms with Gasteiger partial charge in [-0.25, -0.2) is 4.79 Å². The number of carbonyl (C=O) groups excluding carboxylic acids is 1. The Morgan fingerprint density at radius 2 is 2.31 bits per heavy atom. The van der Waals surface area contributed by atoms with Gasteiger partial charge in [-0.05, 0) is 25.2 Å². The molecule has 1 unspecified atom stereocenters. The minimum atomic E-state index is -0.457. The number of methoxy groups -OCH3 is 1. The van der Waals surface area contributed by atoms with Gasteiger partial charge in [-0.15, -0.1) is 0 Å². The molecular weight excluding hydrogens is 206 g/mol. The second kappa shape index (κ2) is 4.05. The summed E-state index contributed by atoms with van der Waals surface area (Å²) in [7, 11) is 1.64. The molecule has 16 heavy (non-hydrogen) atoms. The van der Waals surface area contributed by atoms with Gasteiger partial charge in [0.25, 0.3) is 0 Å². The van der Waals surface area contributed by atoms with Gasteiger partial charge in [-0.1, -0.05) is 6.92 Å². The molecule has 1 heterocycles. The third-order valence-corrected chi connectivity index (χ3v) is 3.44. The van der Waals surface area contributed by atoms with Gasteiger partial charge in [0, 0.05) is 13.7 Å². The van der Waals surface area contributed by atoms with Crippen molar-refractivity contribution in [1.29, 1.82) is 0 Å². The van der Waals surface area contributed by atoms with Gasteiger partial charge in [0.05, 0.1) is 6.61 Å². The average molecular weight is 225 g/mol. The average Bonchev–Trinajstić information content (AvgIpc) is 3.03. The first kappa shape index (κ1) is 11.4. The van der Waals surface area contributed by atoms with Crippen LogP contribution in [-0.4, -0.2) is 42.6 Å². The van der Waals surface area contributed by atoms with Crippen LogP contribution in [0.4, 0.5) is 4.79 Å². The van der Waals surface area contributed by atoms with Crippen molar-refractivity contribution in [3.8, 4) is 0 Å². The Labute approximate surface area is 95.6 Å². The second-order valence-electron chi connectivity index (χ2n) is 4.56. The van der Waals surface area contributed by atoms with Crippen LogP contribution in [0, 0.1) is 5.92 Å². The number of carbonyl (C=O) groups is 1. The van der Waals surface area contributed by atoms with E-state index in [-0.39, 0.29) is 6.03 Å². The van der Waals surface area contributed by atoms with Crippen molar-refractivity contribution < 1.29 is 9.53 Å². The number of amidine groups is 1. The second-order valence-corrected chi connectivity index (χ2v) is 4.56. The molecule has 1 atom stereocenters. The largest absolute Gasteiger partial charge is 0.385 e. The van der Waals surface area contributed by atoms with E-state index >= 15 is 0 Å². The molecule has 1 saturated carbocycles. The summed E-state index contributed by atoms with van der Waals surface area (Å²) >= 11 is 0. The van der Waals surface area contributed by atoms with Crippen molar-refractivity contribution in [3.63, 3.8) is 0 Å². The molecule has 1 fully saturated rings. The highest BCUT2D eigenvalue weighted by Crippen LogP contribution is 2.45. The van der Waals surface area contributed by atoms with E-state index in [1.54, 1.807) is 12.0 Å². The summed E-state index contributed by atoms with van der Waals surface area (Å²) in [5.74, 6) is 0.865. The highest BCUT2D eigenvalue weighted by Gasteiger charge is 2.57. The van der Waals surface area contributed by atoms with Crippen molar-refractivity contribution in [2.45, 2.75) is 31.7 Å². The lowest BCUT2D eigenvalue weighted by Gasteiger charge is -2.37. The van der Waals surface area contributed by atoms with Crippen LogP contribution in [0.15, 0.2) is 4.99 Å². The Hall–Kier alpha value is -1.10. The summed E-state index contributed by atoms with van der Waals surface area (Å²) in [4.78, 5) is 17.5. The van der Waals surface area contributed by atoms with Crippen molar-refractivity contribution in [3.05, 3.63) is 0 Å². The number of amides is 2. The number of urea groups is 1. The van der Waals surface area contributed by atoms with Gasteiger partial charge in [0.2, 0.25) is 0 Å². The molecule has 1 aliphatic carbocycles. The summed E-state index contributed by atoms with van der Waals surface area (Å²) in [6.07, 6.45) is 3.12. The molecule has 5 nitrogen and oxygen atoms in total. The highest BCUT2D eigenvalue weighted by atomic mass is 16.5. The first-order chi connectivity index (χ1) is 7.66. The molecule has 0 radical (unpaired) electrons. The zero-order valence-electron chi connectivity index (χ0n) is 9.90. The fraction of sp³-hybridized carbons (Fsp3) is 0.818. The van der Waals surface area contributed by atoms with E-state index in [0.29, 0.717) is 24.9 Å².